The van der Waals surface area contributed by atoms with Crippen molar-refractivity contribution in [2.24, 2.45) is 0 Å². The van der Waals surface area contributed by atoms with E-state index in [1.807, 2.05) is 0 Å². The van der Waals surface area contributed by atoms with Crippen LogP contribution in [0.4, 0.5) is 11.4 Å². The molecule has 0 bridgehead atoms. The van der Waals surface area contributed by atoms with Crippen molar-refractivity contribution in [3.8, 4) is 11.5 Å². The number of phenolic OH excluding ortho intramolecular Hbond substituents is 2. The largest absolute Gasteiger partial charge is 0.507 e. The van der Waals surface area contributed by atoms with Gasteiger partial charge in [0.05, 0.1) is 28.9 Å². The summed E-state index contributed by atoms with van der Waals surface area (Å²) >= 11 is 0. The average Bonchev–Trinajstić information content (AvgIpc) is 2.62. The fourth-order valence-corrected chi connectivity index (χ4v) is 3.07. The van der Waals surface area contributed by atoms with Gasteiger partial charge in [-0.25, -0.2) is 0 Å². The molecule has 8 N–H and O–H groups in total. The first-order valence-electron chi connectivity index (χ1n) is 8.16. The zero-order valence-corrected chi connectivity index (χ0v) is 14.0. The minimum absolute atomic E-state index is 0.0259. The number of aliphatic hydroxyl groups is 1. The van der Waals surface area contributed by atoms with E-state index in [4.69, 9.17) is 5.11 Å². The molecule has 1 aliphatic carbocycles. The number of carbonyl (C=O) groups is 2. The van der Waals surface area contributed by atoms with Gasteiger partial charge in [0.1, 0.15) is 17.2 Å². The van der Waals surface area contributed by atoms with E-state index in [1.165, 1.54) is 12.1 Å². The smallest absolute Gasteiger partial charge is 0.204 e. The molecule has 8 nitrogen and oxygen atoms in total. The molecule has 8 heteroatoms. The number of benzene rings is 2. The highest BCUT2D eigenvalue weighted by atomic mass is 16.3. The van der Waals surface area contributed by atoms with E-state index in [9.17, 15) is 19.8 Å². The van der Waals surface area contributed by atoms with Gasteiger partial charge in [0.2, 0.25) is 11.6 Å². The number of ketones is 2. The second kappa shape index (κ2) is 7.12. The molecule has 0 amide bonds. The van der Waals surface area contributed by atoms with Gasteiger partial charge in [0.15, 0.2) is 0 Å². The minimum Gasteiger partial charge on any atom is -0.507 e. The summed E-state index contributed by atoms with van der Waals surface area (Å²) in [6, 6.07) is 5.65. The predicted octanol–water partition coefficient (Wildman–Crippen LogP) is -0.260. The normalized spacial score (nSPS) is 12.7. The summed E-state index contributed by atoms with van der Waals surface area (Å²) in [6.45, 7) is 1.49. The molecule has 0 aliphatic heterocycles. The third kappa shape index (κ3) is 2.90. The summed E-state index contributed by atoms with van der Waals surface area (Å²) in [6.07, 6.45) is 0. The average molecular weight is 358 g/mol. The molecule has 1 aliphatic rings. The van der Waals surface area contributed by atoms with E-state index in [1.54, 1.807) is 12.1 Å². The zero-order valence-electron chi connectivity index (χ0n) is 14.0. The molecule has 136 valence electrons. The fraction of sp³-hybridized carbons (Fsp3) is 0.222. The molecule has 0 fully saturated rings. The van der Waals surface area contributed by atoms with E-state index in [0.29, 0.717) is 31.0 Å². The monoisotopic (exact) mass is 358 g/mol. The first kappa shape index (κ1) is 17.9. The van der Waals surface area contributed by atoms with Crippen LogP contribution >= 0.6 is 0 Å². The third-order valence-electron chi connectivity index (χ3n) is 4.27. The molecule has 0 spiro atoms. The van der Waals surface area contributed by atoms with E-state index in [2.05, 4.69) is 16.4 Å². The number of rotatable bonds is 6. The number of carbonyl (C=O) groups excluding carboxylic acids is 2. The lowest BCUT2D eigenvalue weighted by Crippen LogP contribution is -2.43. The van der Waals surface area contributed by atoms with Gasteiger partial charge in [0, 0.05) is 31.4 Å². The molecule has 0 unspecified atom stereocenters. The van der Waals surface area contributed by atoms with Crippen molar-refractivity contribution in [2.75, 3.05) is 31.6 Å². The van der Waals surface area contributed by atoms with Crippen LogP contribution in [0.3, 0.4) is 0 Å². The predicted molar refractivity (Wildman–Crippen MR) is 94.1 cm³/mol. The van der Waals surface area contributed by atoms with Crippen LogP contribution in [0.15, 0.2) is 24.3 Å². The molecule has 0 saturated carbocycles. The second-order valence-corrected chi connectivity index (χ2v) is 5.93. The van der Waals surface area contributed by atoms with Crippen molar-refractivity contribution in [3.05, 3.63) is 46.5 Å². The van der Waals surface area contributed by atoms with Crippen molar-refractivity contribution in [3.63, 3.8) is 0 Å². The van der Waals surface area contributed by atoms with Gasteiger partial charge in [-0.15, -0.1) is 0 Å². The summed E-state index contributed by atoms with van der Waals surface area (Å²) in [5, 5.41) is 34.9. The number of anilines is 1. The van der Waals surface area contributed by atoms with Gasteiger partial charge in [-0.2, -0.15) is 0 Å². The Morgan fingerprint density at radius 2 is 1.42 bits per heavy atom. The number of nitrogens with one attached hydrogen (secondary N) is 2. The molecule has 0 atom stereocenters. The van der Waals surface area contributed by atoms with Crippen molar-refractivity contribution in [2.45, 2.75) is 0 Å². The maximum absolute atomic E-state index is 13.0. The Labute approximate surface area is 149 Å². The first-order valence-corrected chi connectivity index (χ1v) is 8.16. The Morgan fingerprint density at radius 1 is 0.808 bits per heavy atom. The fourth-order valence-electron chi connectivity index (χ4n) is 3.07. The number of fused-ring (bicyclic) bond motifs is 2. The maximum Gasteiger partial charge on any atom is 0.204 e. The standard InChI is InChI=1S/C18H19N3O5/c19-9-1-2-10(21-6-5-20-7-8-22)14-13(9)17(25)15-11(23)3-4-12(24)16(15)18(14)26/h1-4,20-24H,5-8,19H2/p+1. The Kier molecular flexibility index (Phi) is 4.90. The molecule has 0 saturated heterocycles. The number of quaternary nitrogens is 1. The number of aliphatic hydroxyl groups excluding tert-OH is 1. The van der Waals surface area contributed by atoms with Gasteiger partial charge in [0.25, 0.3) is 0 Å². The van der Waals surface area contributed by atoms with Crippen molar-refractivity contribution >= 4 is 22.9 Å². The molecule has 0 heterocycles. The lowest BCUT2D eigenvalue weighted by Gasteiger charge is -2.22. The SMILES string of the molecule is [NH3+]c1ccc(NCCNCCO)c2c1C(=O)c1c(O)ccc(O)c1C2=O. The molecular formula is C18H20N3O5+. The highest BCUT2D eigenvalue weighted by Crippen LogP contribution is 2.41. The summed E-state index contributed by atoms with van der Waals surface area (Å²) in [7, 11) is 0. The Hall–Kier alpha value is -2.94. The van der Waals surface area contributed by atoms with Crippen LogP contribution < -0.4 is 16.4 Å². The lowest BCUT2D eigenvalue weighted by atomic mass is 9.81. The van der Waals surface area contributed by atoms with Crippen LogP contribution in [-0.2, 0) is 0 Å². The van der Waals surface area contributed by atoms with Crippen LogP contribution in [0.1, 0.15) is 31.8 Å². The number of aromatic hydroxyl groups is 2. The zero-order chi connectivity index (χ0) is 18.8. The maximum atomic E-state index is 13.0. The Morgan fingerprint density at radius 3 is 2.04 bits per heavy atom. The topological polar surface area (TPSA) is 147 Å². The highest BCUT2D eigenvalue weighted by molar-refractivity contribution is 6.33. The van der Waals surface area contributed by atoms with Gasteiger partial charge >= 0.3 is 0 Å². The lowest BCUT2D eigenvalue weighted by molar-refractivity contribution is -0.255. The van der Waals surface area contributed by atoms with Gasteiger partial charge in [-0.3, -0.25) is 9.59 Å². The highest BCUT2D eigenvalue weighted by Gasteiger charge is 2.38. The molecular weight excluding hydrogens is 338 g/mol. The van der Waals surface area contributed by atoms with Crippen LogP contribution in [0.5, 0.6) is 11.5 Å². The van der Waals surface area contributed by atoms with Crippen LogP contribution in [0, 0.1) is 0 Å². The van der Waals surface area contributed by atoms with E-state index >= 15 is 0 Å². The van der Waals surface area contributed by atoms with E-state index in [0.717, 1.165) is 0 Å². The Bertz CT molecular complexity index is 895. The Balaban J connectivity index is 2.04. The van der Waals surface area contributed by atoms with Crippen LogP contribution in [-0.4, -0.2) is 53.1 Å². The summed E-state index contributed by atoms with van der Waals surface area (Å²) in [4.78, 5) is 25.9. The molecule has 2 aromatic rings. The van der Waals surface area contributed by atoms with Gasteiger partial charge in [-0.1, -0.05) is 0 Å². The second-order valence-electron chi connectivity index (χ2n) is 5.93. The number of hydrogen-bond donors (Lipinski definition) is 6. The quantitative estimate of drug-likeness (QED) is 0.263. The van der Waals surface area contributed by atoms with Gasteiger partial charge in [-0.05, 0) is 18.2 Å². The van der Waals surface area contributed by atoms with Crippen LogP contribution in [0.25, 0.3) is 0 Å². The molecule has 2 aromatic carbocycles. The van der Waals surface area contributed by atoms with Crippen molar-refractivity contribution in [1.82, 2.24) is 5.32 Å². The minimum atomic E-state index is -0.546. The summed E-state index contributed by atoms with van der Waals surface area (Å²) in [5.74, 6) is -1.80. The first-order chi connectivity index (χ1) is 12.5. The molecule has 0 aromatic heterocycles. The summed E-state index contributed by atoms with van der Waals surface area (Å²) in [5.41, 5.74) is 4.50. The third-order valence-corrected chi connectivity index (χ3v) is 4.27. The number of hydrogen-bond acceptors (Lipinski definition) is 7. The molecule has 0 radical (unpaired) electrons. The van der Waals surface area contributed by atoms with E-state index < -0.39 is 11.6 Å². The molecule has 3 rings (SSSR count). The van der Waals surface area contributed by atoms with E-state index in [-0.39, 0.29) is 40.4 Å². The van der Waals surface area contributed by atoms with Crippen molar-refractivity contribution in [1.29, 1.82) is 0 Å². The van der Waals surface area contributed by atoms with Crippen LogP contribution in [0.2, 0.25) is 0 Å². The van der Waals surface area contributed by atoms with Gasteiger partial charge < -0.3 is 31.7 Å². The summed E-state index contributed by atoms with van der Waals surface area (Å²) < 4.78 is 0. The molecule has 26 heavy (non-hydrogen) atoms. The number of phenols is 2. The van der Waals surface area contributed by atoms with Crippen molar-refractivity contribution < 1.29 is 30.6 Å².